The fourth-order valence-corrected chi connectivity index (χ4v) is 2.33. The SMILES string of the molecule is O=CCN1CCc2nn(C3=CCCN=C3)cc2C1=O. The van der Waals surface area contributed by atoms with E-state index < -0.39 is 0 Å². The first-order chi connectivity index (χ1) is 9.29. The molecule has 0 aromatic carbocycles. The molecule has 2 aliphatic rings. The maximum atomic E-state index is 12.2. The molecule has 0 saturated heterocycles. The van der Waals surface area contributed by atoms with E-state index in [1.54, 1.807) is 22.0 Å². The van der Waals surface area contributed by atoms with E-state index in [4.69, 9.17) is 0 Å². The van der Waals surface area contributed by atoms with Gasteiger partial charge in [-0.3, -0.25) is 9.79 Å². The standard InChI is InChI=1S/C13H14N4O2/c18-7-6-16-5-3-12-11(13(16)19)9-17(15-12)10-2-1-4-14-8-10/h2,7-9H,1,3-6H2. The second kappa shape index (κ2) is 4.79. The van der Waals surface area contributed by atoms with Gasteiger partial charge < -0.3 is 9.69 Å². The average Bonchev–Trinajstić information content (AvgIpc) is 2.88. The molecule has 0 N–H and O–H groups in total. The molecule has 1 aromatic rings. The van der Waals surface area contributed by atoms with E-state index in [1.165, 1.54) is 0 Å². The summed E-state index contributed by atoms with van der Waals surface area (Å²) in [5.74, 6) is -0.118. The molecule has 0 atom stereocenters. The van der Waals surface area contributed by atoms with Crippen LogP contribution in [0, 0.1) is 0 Å². The number of amides is 1. The molecule has 98 valence electrons. The number of aromatic nitrogens is 2. The van der Waals surface area contributed by atoms with Crippen LogP contribution in [0.25, 0.3) is 5.70 Å². The predicted octanol–water partition coefficient (Wildman–Crippen LogP) is 0.396. The lowest BCUT2D eigenvalue weighted by atomic mass is 10.1. The van der Waals surface area contributed by atoms with Gasteiger partial charge >= 0.3 is 0 Å². The topological polar surface area (TPSA) is 67.6 Å². The van der Waals surface area contributed by atoms with Crippen molar-refractivity contribution in [1.29, 1.82) is 0 Å². The minimum atomic E-state index is -0.118. The van der Waals surface area contributed by atoms with Crippen LogP contribution < -0.4 is 0 Å². The van der Waals surface area contributed by atoms with E-state index in [-0.39, 0.29) is 12.5 Å². The molecule has 2 aliphatic heterocycles. The van der Waals surface area contributed by atoms with Crippen molar-refractivity contribution in [3.05, 3.63) is 23.5 Å². The lowest BCUT2D eigenvalue weighted by Crippen LogP contribution is -2.38. The Hall–Kier alpha value is -2.24. The van der Waals surface area contributed by atoms with Crippen molar-refractivity contribution >= 4 is 24.1 Å². The fraction of sp³-hybridized carbons (Fsp3) is 0.385. The molecule has 1 aromatic heterocycles. The predicted molar refractivity (Wildman–Crippen MR) is 70.1 cm³/mol. The molecule has 6 heteroatoms. The maximum Gasteiger partial charge on any atom is 0.257 e. The Morgan fingerprint density at radius 2 is 2.32 bits per heavy atom. The molecule has 0 spiro atoms. The summed E-state index contributed by atoms with van der Waals surface area (Å²) >= 11 is 0. The van der Waals surface area contributed by atoms with Crippen molar-refractivity contribution in [3.63, 3.8) is 0 Å². The number of nitrogens with zero attached hydrogens (tertiary/aromatic N) is 4. The van der Waals surface area contributed by atoms with E-state index in [2.05, 4.69) is 16.2 Å². The number of rotatable bonds is 3. The van der Waals surface area contributed by atoms with Crippen molar-refractivity contribution < 1.29 is 9.59 Å². The number of carbonyl (C=O) groups is 2. The molecule has 0 aliphatic carbocycles. The molecular formula is C13H14N4O2. The smallest absolute Gasteiger partial charge is 0.257 e. The van der Waals surface area contributed by atoms with Crippen LogP contribution >= 0.6 is 0 Å². The second-order valence-electron chi connectivity index (χ2n) is 4.55. The van der Waals surface area contributed by atoms with E-state index in [0.29, 0.717) is 18.5 Å². The Morgan fingerprint density at radius 1 is 1.42 bits per heavy atom. The zero-order chi connectivity index (χ0) is 13.2. The number of carbonyl (C=O) groups excluding carboxylic acids is 2. The number of fused-ring (bicyclic) bond motifs is 1. The number of hydrogen-bond donors (Lipinski definition) is 0. The molecular weight excluding hydrogens is 244 g/mol. The molecule has 19 heavy (non-hydrogen) atoms. The third kappa shape index (κ3) is 2.09. The highest BCUT2D eigenvalue weighted by molar-refractivity contribution is 6.03. The van der Waals surface area contributed by atoms with Crippen LogP contribution in [-0.4, -0.2) is 52.7 Å². The highest BCUT2D eigenvalue weighted by Gasteiger charge is 2.27. The zero-order valence-electron chi connectivity index (χ0n) is 10.5. The largest absolute Gasteiger partial charge is 0.331 e. The summed E-state index contributed by atoms with van der Waals surface area (Å²) in [6.07, 6.45) is 7.89. The molecule has 1 amide bonds. The van der Waals surface area contributed by atoms with Crippen LogP contribution in [0.15, 0.2) is 17.3 Å². The number of dihydropyridines is 1. The lowest BCUT2D eigenvalue weighted by molar-refractivity contribution is -0.108. The van der Waals surface area contributed by atoms with Crippen LogP contribution in [0.5, 0.6) is 0 Å². The van der Waals surface area contributed by atoms with Gasteiger partial charge in [-0.05, 0) is 6.42 Å². The molecule has 3 rings (SSSR count). The molecule has 0 unspecified atom stereocenters. The first-order valence-corrected chi connectivity index (χ1v) is 6.31. The summed E-state index contributed by atoms with van der Waals surface area (Å²) in [6.45, 7) is 1.50. The third-order valence-corrected chi connectivity index (χ3v) is 3.32. The van der Waals surface area contributed by atoms with Gasteiger partial charge in [0.1, 0.15) is 6.29 Å². The number of aldehydes is 1. The first kappa shape index (κ1) is 11.8. The van der Waals surface area contributed by atoms with Crippen LogP contribution in [-0.2, 0) is 11.2 Å². The van der Waals surface area contributed by atoms with Gasteiger partial charge in [-0.2, -0.15) is 5.10 Å². The van der Waals surface area contributed by atoms with Crippen LogP contribution in [0.1, 0.15) is 22.5 Å². The summed E-state index contributed by atoms with van der Waals surface area (Å²) in [4.78, 5) is 28.5. The average molecular weight is 258 g/mol. The number of hydrogen-bond acceptors (Lipinski definition) is 4. The van der Waals surface area contributed by atoms with Gasteiger partial charge in [-0.15, -0.1) is 0 Å². The normalized spacial score (nSPS) is 18.2. The maximum absolute atomic E-state index is 12.2. The van der Waals surface area contributed by atoms with Crippen molar-refractivity contribution in [3.8, 4) is 0 Å². The number of aliphatic imine (C=N–C) groups is 1. The van der Waals surface area contributed by atoms with Crippen LogP contribution in [0.4, 0.5) is 0 Å². The van der Waals surface area contributed by atoms with Gasteiger partial charge in [-0.25, -0.2) is 4.68 Å². The Morgan fingerprint density at radius 3 is 3.05 bits per heavy atom. The molecule has 3 heterocycles. The van der Waals surface area contributed by atoms with Gasteiger partial charge in [-0.1, -0.05) is 6.08 Å². The van der Waals surface area contributed by atoms with Crippen molar-refractivity contribution in [1.82, 2.24) is 14.7 Å². The van der Waals surface area contributed by atoms with Crippen molar-refractivity contribution in [2.75, 3.05) is 19.6 Å². The van der Waals surface area contributed by atoms with Gasteiger partial charge in [0.25, 0.3) is 5.91 Å². The van der Waals surface area contributed by atoms with Crippen molar-refractivity contribution in [2.24, 2.45) is 4.99 Å². The lowest BCUT2D eigenvalue weighted by Gasteiger charge is -2.23. The fourth-order valence-electron chi connectivity index (χ4n) is 2.33. The Balaban J connectivity index is 1.91. The zero-order valence-corrected chi connectivity index (χ0v) is 10.5. The minimum absolute atomic E-state index is 0.118. The third-order valence-electron chi connectivity index (χ3n) is 3.32. The van der Waals surface area contributed by atoms with E-state index in [9.17, 15) is 9.59 Å². The second-order valence-corrected chi connectivity index (χ2v) is 4.55. The summed E-state index contributed by atoms with van der Waals surface area (Å²) in [5.41, 5.74) is 2.29. The van der Waals surface area contributed by atoms with Crippen molar-refractivity contribution in [2.45, 2.75) is 12.8 Å². The molecule has 0 radical (unpaired) electrons. The van der Waals surface area contributed by atoms with E-state index in [1.807, 2.05) is 0 Å². The Bertz CT molecular complexity index is 585. The molecule has 0 bridgehead atoms. The first-order valence-electron chi connectivity index (χ1n) is 6.31. The Kier molecular flexibility index (Phi) is 2.98. The minimum Gasteiger partial charge on any atom is -0.331 e. The molecule has 6 nitrogen and oxygen atoms in total. The van der Waals surface area contributed by atoms with E-state index >= 15 is 0 Å². The van der Waals surface area contributed by atoms with E-state index in [0.717, 1.165) is 30.6 Å². The highest BCUT2D eigenvalue weighted by atomic mass is 16.2. The van der Waals surface area contributed by atoms with Crippen LogP contribution in [0.3, 0.4) is 0 Å². The number of allylic oxidation sites excluding steroid dienone is 1. The summed E-state index contributed by atoms with van der Waals surface area (Å²) in [6, 6.07) is 0. The molecule has 0 fully saturated rings. The highest BCUT2D eigenvalue weighted by Crippen LogP contribution is 2.19. The Labute approximate surface area is 110 Å². The molecule has 0 saturated carbocycles. The summed E-state index contributed by atoms with van der Waals surface area (Å²) in [5, 5.41) is 4.44. The summed E-state index contributed by atoms with van der Waals surface area (Å²) < 4.78 is 1.70. The summed E-state index contributed by atoms with van der Waals surface area (Å²) in [7, 11) is 0. The van der Waals surface area contributed by atoms with Crippen LogP contribution in [0.2, 0.25) is 0 Å². The monoisotopic (exact) mass is 258 g/mol. The quantitative estimate of drug-likeness (QED) is 0.737. The van der Waals surface area contributed by atoms with Gasteiger partial charge in [0, 0.05) is 31.9 Å². The van der Waals surface area contributed by atoms with Gasteiger partial charge in [0.15, 0.2) is 0 Å². The van der Waals surface area contributed by atoms with Gasteiger partial charge in [0.2, 0.25) is 0 Å². The van der Waals surface area contributed by atoms with Gasteiger partial charge in [0.05, 0.1) is 23.5 Å².